The second kappa shape index (κ2) is 12.3. The van der Waals surface area contributed by atoms with Gasteiger partial charge < -0.3 is 18.9 Å². The third kappa shape index (κ3) is 5.57. The summed E-state index contributed by atoms with van der Waals surface area (Å²) >= 11 is 0. The molecule has 4 aromatic carbocycles. The molecule has 0 aliphatic rings. The molecule has 8 aromatic rings. The summed E-state index contributed by atoms with van der Waals surface area (Å²) in [5.74, 6) is 1.89. The Morgan fingerprint density at radius 2 is 1.60 bits per heavy atom. The quantitative estimate of drug-likeness (QED) is 0.163. The van der Waals surface area contributed by atoms with Crippen molar-refractivity contribution in [1.29, 1.82) is 5.26 Å². The SMILES string of the molecule is CC(C)(C)c1ccnc(-n2c3[c-]c(Oc4[c-]c(-c5cc6ccn(-c7ccccc7)c6cn5)ccc4)ccc3c3cc(C#N)ccc32)c1.[Pt+2]. The predicted molar refractivity (Wildman–Crippen MR) is 186 cm³/mol. The van der Waals surface area contributed by atoms with E-state index in [-0.39, 0.29) is 26.5 Å². The van der Waals surface area contributed by atoms with Crippen molar-refractivity contribution in [3.63, 3.8) is 0 Å². The van der Waals surface area contributed by atoms with Crippen LogP contribution in [-0.4, -0.2) is 19.1 Å². The number of pyridine rings is 2. The monoisotopic (exact) mass is 802 g/mol. The molecule has 4 heterocycles. The fourth-order valence-electron chi connectivity index (χ4n) is 6.07. The summed E-state index contributed by atoms with van der Waals surface area (Å²) in [5, 5.41) is 12.6. The van der Waals surface area contributed by atoms with E-state index in [1.807, 2.05) is 79.1 Å². The Morgan fingerprint density at radius 1 is 0.771 bits per heavy atom. The van der Waals surface area contributed by atoms with Crippen molar-refractivity contribution in [1.82, 2.24) is 19.1 Å². The number of ether oxygens (including phenoxy) is 1. The number of benzene rings is 4. The molecule has 0 aliphatic heterocycles. The molecule has 8 rings (SSSR count). The number of fused-ring (bicyclic) bond motifs is 4. The number of rotatable bonds is 5. The molecule has 4 aromatic heterocycles. The molecule has 0 amide bonds. The molecule has 48 heavy (non-hydrogen) atoms. The van der Waals surface area contributed by atoms with Gasteiger partial charge in [0.25, 0.3) is 0 Å². The number of hydrogen-bond donors (Lipinski definition) is 0. The Kier molecular flexibility index (Phi) is 7.95. The van der Waals surface area contributed by atoms with Crippen molar-refractivity contribution in [3.05, 3.63) is 145 Å². The molecular formula is C41H29N5OPt. The van der Waals surface area contributed by atoms with E-state index in [1.165, 1.54) is 5.56 Å². The minimum Gasteiger partial charge on any atom is -0.503 e. The van der Waals surface area contributed by atoms with Crippen LogP contribution >= 0.6 is 0 Å². The summed E-state index contributed by atoms with van der Waals surface area (Å²) in [5.41, 5.74) is 7.26. The number of aromatic nitrogens is 4. The van der Waals surface area contributed by atoms with E-state index in [4.69, 9.17) is 14.7 Å². The molecule has 0 saturated heterocycles. The first kappa shape index (κ1) is 31.1. The maximum absolute atomic E-state index is 9.63. The number of nitriles is 1. The normalized spacial score (nSPS) is 11.5. The van der Waals surface area contributed by atoms with Crippen LogP contribution in [0.4, 0.5) is 0 Å². The topological polar surface area (TPSA) is 68.7 Å². The molecule has 0 saturated carbocycles. The summed E-state index contributed by atoms with van der Waals surface area (Å²) < 4.78 is 10.6. The largest absolute Gasteiger partial charge is 2.00 e. The molecule has 0 fully saturated rings. The number of nitrogens with zero attached hydrogens (tertiary/aromatic N) is 5. The summed E-state index contributed by atoms with van der Waals surface area (Å²) in [6, 6.07) is 43.3. The Balaban J connectivity index is 0.00000364. The Labute approximate surface area is 293 Å². The molecule has 234 valence electrons. The van der Waals surface area contributed by atoms with Crippen molar-refractivity contribution in [2.45, 2.75) is 26.2 Å². The number of para-hydroxylation sites is 1. The van der Waals surface area contributed by atoms with Gasteiger partial charge in [0.15, 0.2) is 0 Å². The van der Waals surface area contributed by atoms with Gasteiger partial charge in [-0.05, 0) is 76.0 Å². The van der Waals surface area contributed by atoms with Crippen molar-refractivity contribution in [2.75, 3.05) is 0 Å². The second-order valence-corrected chi connectivity index (χ2v) is 12.6. The summed E-state index contributed by atoms with van der Waals surface area (Å²) in [6.45, 7) is 6.57. The second-order valence-electron chi connectivity index (χ2n) is 12.6. The predicted octanol–water partition coefficient (Wildman–Crippen LogP) is 9.74. The van der Waals surface area contributed by atoms with Crippen LogP contribution < -0.4 is 4.74 Å². The van der Waals surface area contributed by atoms with Crippen LogP contribution in [-0.2, 0) is 26.5 Å². The van der Waals surface area contributed by atoms with E-state index < -0.39 is 0 Å². The van der Waals surface area contributed by atoms with Crippen LogP contribution in [0.5, 0.6) is 11.5 Å². The Bertz CT molecular complexity index is 2500. The van der Waals surface area contributed by atoms with Gasteiger partial charge in [-0.2, -0.15) is 11.3 Å². The van der Waals surface area contributed by atoms with Crippen LogP contribution in [0.25, 0.3) is 55.5 Å². The zero-order valence-corrected chi connectivity index (χ0v) is 28.8. The molecule has 7 heteroatoms. The van der Waals surface area contributed by atoms with Crippen LogP contribution in [0.3, 0.4) is 0 Å². The van der Waals surface area contributed by atoms with E-state index in [0.29, 0.717) is 17.1 Å². The van der Waals surface area contributed by atoms with Gasteiger partial charge in [0.2, 0.25) is 0 Å². The van der Waals surface area contributed by atoms with E-state index in [1.54, 1.807) is 0 Å². The van der Waals surface area contributed by atoms with Crippen LogP contribution in [0.1, 0.15) is 31.9 Å². The van der Waals surface area contributed by atoms with Gasteiger partial charge in [0.05, 0.1) is 17.1 Å². The first-order valence-electron chi connectivity index (χ1n) is 15.5. The maximum Gasteiger partial charge on any atom is 2.00 e. The van der Waals surface area contributed by atoms with E-state index in [0.717, 1.165) is 55.5 Å². The smallest absolute Gasteiger partial charge is 0.503 e. The maximum atomic E-state index is 9.63. The van der Waals surface area contributed by atoms with E-state index in [2.05, 4.69) is 90.7 Å². The van der Waals surface area contributed by atoms with Crippen LogP contribution in [0.2, 0.25) is 0 Å². The zero-order valence-electron chi connectivity index (χ0n) is 26.5. The van der Waals surface area contributed by atoms with Gasteiger partial charge in [-0.25, -0.2) is 4.98 Å². The first-order chi connectivity index (χ1) is 22.9. The van der Waals surface area contributed by atoms with Crippen molar-refractivity contribution in [3.8, 4) is 40.3 Å². The third-order valence-corrected chi connectivity index (χ3v) is 8.49. The van der Waals surface area contributed by atoms with Crippen LogP contribution in [0.15, 0.2) is 122 Å². The van der Waals surface area contributed by atoms with Gasteiger partial charge in [0.1, 0.15) is 5.82 Å². The van der Waals surface area contributed by atoms with Crippen molar-refractivity contribution in [2.24, 2.45) is 0 Å². The van der Waals surface area contributed by atoms with Crippen molar-refractivity contribution >= 4 is 32.7 Å². The molecule has 0 N–H and O–H groups in total. The van der Waals surface area contributed by atoms with E-state index in [9.17, 15) is 5.26 Å². The minimum absolute atomic E-state index is 0. The third-order valence-electron chi connectivity index (χ3n) is 8.49. The summed E-state index contributed by atoms with van der Waals surface area (Å²) in [6.07, 6.45) is 5.82. The Hall–Kier alpha value is -5.50. The summed E-state index contributed by atoms with van der Waals surface area (Å²) in [7, 11) is 0. The molecule has 0 atom stereocenters. The molecule has 6 nitrogen and oxygen atoms in total. The average molecular weight is 803 g/mol. The van der Waals surface area contributed by atoms with E-state index >= 15 is 0 Å². The first-order valence-corrected chi connectivity index (χ1v) is 15.5. The van der Waals surface area contributed by atoms with Crippen LogP contribution in [0, 0.1) is 23.5 Å². The minimum atomic E-state index is -0.0471. The summed E-state index contributed by atoms with van der Waals surface area (Å²) in [4.78, 5) is 9.54. The van der Waals surface area contributed by atoms with Gasteiger partial charge in [-0.1, -0.05) is 56.6 Å². The number of hydrogen-bond acceptors (Lipinski definition) is 4. The Morgan fingerprint density at radius 3 is 2.42 bits per heavy atom. The zero-order chi connectivity index (χ0) is 32.1. The molecule has 0 bridgehead atoms. The van der Waals surface area contributed by atoms with Gasteiger partial charge >= 0.3 is 21.1 Å². The standard InChI is InChI=1S/C41H29N5O.Pt/c1-41(2,3)30-16-18-43-40(23-30)46-37-15-12-27(25-42)20-35(37)34-14-13-33(24-38(34)46)47-32-11-7-8-28(21-32)36-22-29-17-19-45(39(29)26-44-36)31-9-5-4-6-10-31;/h4-20,22-23,26H,1-3H3;/q-2;+2. The van der Waals surface area contributed by atoms with Gasteiger partial charge in [-0.15, -0.1) is 41.3 Å². The molecular weight excluding hydrogens is 774 g/mol. The fraction of sp³-hybridized carbons (Fsp3) is 0.0976. The molecule has 0 radical (unpaired) electrons. The fourth-order valence-corrected chi connectivity index (χ4v) is 6.07. The average Bonchev–Trinajstić information content (AvgIpc) is 3.66. The molecule has 0 aliphatic carbocycles. The molecule has 0 unspecified atom stereocenters. The van der Waals surface area contributed by atoms with Gasteiger partial charge in [0, 0.05) is 41.3 Å². The molecule has 0 spiro atoms. The van der Waals surface area contributed by atoms with Gasteiger partial charge in [-0.3, -0.25) is 0 Å². The van der Waals surface area contributed by atoms with Crippen molar-refractivity contribution < 1.29 is 25.8 Å².